The highest BCUT2D eigenvalue weighted by Gasteiger charge is 2.29. The molecule has 2 aromatic rings. The van der Waals surface area contributed by atoms with Crippen LogP contribution in [-0.2, 0) is 13.0 Å². The van der Waals surface area contributed by atoms with Crippen LogP contribution < -0.4 is 0 Å². The van der Waals surface area contributed by atoms with Crippen LogP contribution in [0.2, 0.25) is 0 Å². The zero-order valence-electron chi connectivity index (χ0n) is 19.3. The molecule has 1 fully saturated rings. The Morgan fingerprint density at radius 1 is 0.853 bits per heavy atom. The molecule has 0 radical (unpaired) electrons. The number of nitrogens with zero attached hydrogens (tertiary/aromatic N) is 5. The zero-order valence-corrected chi connectivity index (χ0v) is 19.3. The SMILES string of the molecule is C.C(=C\C1=NCCC2N=NN(Cc3ccccc3)C2=N1)/Cc1ccc(C2CCCCCC2)cc1. The lowest BCUT2D eigenvalue weighted by Crippen LogP contribution is -2.29. The molecule has 0 aromatic heterocycles. The van der Waals surface area contributed by atoms with Gasteiger partial charge >= 0.3 is 0 Å². The second-order valence-electron chi connectivity index (χ2n) is 9.30. The van der Waals surface area contributed by atoms with E-state index in [-0.39, 0.29) is 13.5 Å². The third-order valence-corrected chi connectivity index (χ3v) is 6.87. The van der Waals surface area contributed by atoms with Crippen LogP contribution in [0.5, 0.6) is 0 Å². The van der Waals surface area contributed by atoms with Gasteiger partial charge in [-0.2, -0.15) is 5.11 Å². The average Bonchev–Trinajstić information content (AvgIpc) is 3.05. The average molecular weight is 456 g/mol. The molecular weight excluding hydrogens is 418 g/mol. The molecule has 0 bridgehead atoms. The van der Waals surface area contributed by atoms with Gasteiger partial charge < -0.3 is 0 Å². The standard InChI is InChI=1S/C28H33N5.CH4/c1-2-7-13-24(12-6-1)25-17-15-22(16-18-25)11-8-14-27-29-20-19-26-28(30-27)33(32-31-26)21-23-9-4-3-5-10-23;/h3-5,8-10,14-18,24,26H,1-2,6-7,11-13,19-21H2;1H4/b14-8+;. The summed E-state index contributed by atoms with van der Waals surface area (Å²) in [4.78, 5) is 9.53. The highest BCUT2D eigenvalue weighted by atomic mass is 15.6. The quantitative estimate of drug-likeness (QED) is 0.421. The summed E-state index contributed by atoms with van der Waals surface area (Å²) in [5, 5.41) is 10.7. The van der Waals surface area contributed by atoms with Gasteiger partial charge in [-0.25, -0.2) is 10.0 Å². The van der Waals surface area contributed by atoms with Gasteiger partial charge in [-0.05, 0) is 54.4 Å². The maximum Gasteiger partial charge on any atom is 0.156 e. The number of aliphatic imine (C=N–C) groups is 2. The molecule has 5 rings (SSSR count). The van der Waals surface area contributed by atoms with E-state index in [4.69, 9.17) is 4.99 Å². The molecule has 2 aromatic carbocycles. The summed E-state index contributed by atoms with van der Waals surface area (Å²) in [6.45, 7) is 1.41. The minimum absolute atomic E-state index is 0. The molecule has 2 aliphatic heterocycles. The van der Waals surface area contributed by atoms with E-state index in [0.717, 1.165) is 37.0 Å². The number of benzene rings is 2. The summed E-state index contributed by atoms with van der Waals surface area (Å²) in [5.41, 5.74) is 4.05. The van der Waals surface area contributed by atoms with Crippen LogP contribution in [0.25, 0.3) is 0 Å². The topological polar surface area (TPSA) is 52.7 Å². The summed E-state index contributed by atoms with van der Waals surface area (Å²) in [5.74, 6) is 2.43. The van der Waals surface area contributed by atoms with E-state index >= 15 is 0 Å². The fraction of sp³-hybridized carbons (Fsp3) is 0.448. The number of rotatable bonds is 6. The van der Waals surface area contributed by atoms with Crippen LogP contribution >= 0.6 is 0 Å². The van der Waals surface area contributed by atoms with Gasteiger partial charge in [-0.3, -0.25) is 4.99 Å². The molecule has 0 N–H and O–H groups in total. The molecule has 1 aliphatic carbocycles. The summed E-state index contributed by atoms with van der Waals surface area (Å²) in [7, 11) is 0. The Morgan fingerprint density at radius 3 is 2.38 bits per heavy atom. The molecule has 2 heterocycles. The molecule has 5 nitrogen and oxygen atoms in total. The summed E-state index contributed by atoms with van der Waals surface area (Å²) >= 11 is 0. The third kappa shape index (κ3) is 6.07. The molecule has 1 saturated carbocycles. The summed E-state index contributed by atoms with van der Waals surface area (Å²) in [6.07, 6.45) is 14.2. The van der Waals surface area contributed by atoms with Crippen LogP contribution in [0, 0.1) is 0 Å². The minimum atomic E-state index is 0. The molecule has 3 aliphatic rings. The molecule has 178 valence electrons. The Bertz CT molecular complexity index is 1030. The summed E-state index contributed by atoms with van der Waals surface area (Å²) < 4.78 is 0. The summed E-state index contributed by atoms with van der Waals surface area (Å²) in [6, 6.07) is 19.6. The molecule has 1 atom stereocenters. The Hall–Kier alpha value is -3.08. The van der Waals surface area contributed by atoms with Crippen LogP contribution in [0.1, 0.15) is 75.0 Å². The Labute approximate surface area is 204 Å². The predicted molar refractivity (Wildman–Crippen MR) is 141 cm³/mol. The van der Waals surface area contributed by atoms with E-state index in [0.29, 0.717) is 6.54 Å². The van der Waals surface area contributed by atoms with Crippen molar-refractivity contribution in [2.75, 3.05) is 6.54 Å². The fourth-order valence-corrected chi connectivity index (χ4v) is 4.97. The van der Waals surface area contributed by atoms with Gasteiger partial charge in [0.2, 0.25) is 0 Å². The van der Waals surface area contributed by atoms with Gasteiger partial charge in [0.15, 0.2) is 5.84 Å². The Morgan fingerprint density at radius 2 is 1.62 bits per heavy atom. The number of fused-ring (bicyclic) bond motifs is 1. The lowest BCUT2D eigenvalue weighted by Gasteiger charge is -2.15. The van der Waals surface area contributed by atoms with Crippen molar-refractivity contribution >= 4 is 11.7 Å². The van der Waals surface area contributed by atoms with Crippen molar-refractivity contribution < 1.29 is 0 Å². The van der Waals surface area contributed by atoms with Gasteiger partial charge in [-0.1, -0.05) is 99.0 Å². The largest absolute Gasteiger partial charge is 0.267 e. The first-order valence-corrected chi connectivity index (χ1v) is 12.5. The lowest BCUT2D eigenvalue weighted by molar-refractivity contribution is 0.433. The number of allylic oxidation sites excluding steroid dienone is 1. The smallest absolute Gasteiger partial charge is 0.156 e. The first kappa shape index (κ1) is 24.1. The van der Waals surface area contributed by atoms with Crippen LogP contribution in [0.4, 0.5) is 0 Å². The van der Waals surface area contributed by atoms with Crippen LogP contribution in [0.15, 0.2) is 87.1 Å². The van der Waals surface area contributed by atoms with Gasteiger partial charge in [0.05, 0.1) is 6.54 Å². The number of amidine groups is 2. The number of hydrogen-bond donors (Lipinski definition) is 0. The van der Waals surface area contributed by atoms with Crippen molar-refractivity contribution in [3.8, 4) is 0 Å². The van der Waals surface area contributed by atoms with Crippen molar-refractivity contribution in [2.45, 2.75) is 77.3 Å². The van der Waals surface area contributed by atoms with Gasteiger partial charge in [0, 0.05) is 6.54 Å². The van der Waals surface area contributed by atoms with Crippen LogP contribution in [-0.4, -0.2) is 29.3 Å². The normalized spacial score (nSPS) is 20.8. The van der Waals surface area contributed by atoms with Crippen LogP contribution in [0.3, 0.4) is 0 Å². The molecule has 0 amide bonds. The maximum absolute atomic E-state index is 4.85. The molecule has 0 saturated heterocycles. The van der Waals surface area contributed by atoms with Crippen molar-refractivity contribution in [1.82, 2.24) is 5.01 Å². The minimum Gasteiger partial charge on any atom is -0.267 e. The molecule has 0 spiro atoms. The maximum atomic E-state index is 4.85. The molecule has 1 unspecified atom stereocenters. The third-order valence-electron chi connectivity index (χ3n) is 6.87. The predicted octanol–water partition coefficient (Wildman–Crippen LogP) is 7.31. The number of hydrogen-bond acceptors (Lipinski definition) is 5. The van der Waals surface area contributed by atoms with Gasteiger partial charge in [0.25, 0.3) is 0 Å². The Balaban J connectivity index is 0.00000274. The fourth-order valence-electron chi connectivity index (χ4n) is 4.97. The van der Waals surface area contributed by atoms with E-state index in [1.807, 2.05) is 29.3 Å². The highest BCUT2D eigenvalue weighted by molar-refractivity contribution is 6.05. The second kappa shape index (κ2) is 11.9. The lowest BCUT2D eigenvalue weighted by atomic mass is 9.91. The molecule has 34 heavy (non-hydrogen) atoms. The van der Waals surface area contributed by atoms with E-state index in [1.54, 1.807) is 0 Å². The first-order valence-electron chi connectivity index (χ1n) is 12.5. The van der Waals surface area contributed by atoms with Crippen molar-refractivity contribution in [1.29, 1.82) is 0 Å². The molecular formula is C29H37N5. The van der Waals surface area contributed by atoms with E-state index in [9.17, 15) is 0 Å². The van der Waals surface area contributed by atoms with Crippen molar-refractivity contribution in [2.24, 2.45) is 20.3 Å². The zero-order chi connectivity index (χ0) is 22.3. The van der Waals surface area contributed by atoms with Crippen molar-refractivity contribution in [3.05, 3.63) is 83.4 Å². The Kier molecular flexibility index (Phi) is 8.40. The van der Waals surface area contributed by atoms with E-state index in [1.165, 1.54) is 55.2 Å². The van der Waals surface area contributed by atoms with Gasteiger partial charge in [-0.15, -0.1) is 0 Å². The van der Waals surface area contributed by atoms with Gasteiger partial charge in [0.1, 0.15) is 11.9 Å². The monoisotopic (exact) mass is 455 g/mol. The van der Waals surface area contributed by atoms with E-state index < -0.39 is 0 Å². The van der Waals surface area contributed by atoms with Crippen molar-refractivity contribution in [3.63, 3.8) is 0 Å². The second-order valence-corrected chi connectivity index (χ2v) is 9.30. The molecule has 5 heteroatoms. The highest BCUT2D eigenvalue weighted by Crippen LogP contribution is 2.31. The first-order chi connectivity index (χ1) is 16.3. The van der Waals surface area contributed by atoms with E-state index in [2.05, 4.69) is 57.8 Å².